The Morgan fingerprint density at radius 1 is 1.06 bits per heavy atom. The summed E-state index contributed by atoms with van der Waals surface area (Å²) in [5.74, 6) is 0.470. The maximum absolute atomic E-state index is 13.4. The number of aromatic nitrogens is 3. The number of anilines is 1. The van der Waals surface area contributed by atoms with Gasteiger partial charge < -0.3 is 14.7 Å². The van der Waals surface area contributed by atoms with E-state index in [0.717, 1.165) is 37.8 Å². The number of fused-ring (bicyclic) bond motifs is 1. The summed E-state index contributed by atoms with van der Waals surface area (Å²) in [5.41, 5.74) is 1.71. The van der Waals surface area contributed by atoms with Crippen LogP contribution in [0, 0.1) is 11.7 Å². The molecule has 1 aliphatic heterocycles. The molecule has 1 amide bonds. The quantitative estimate of drug-likeness (QED) is 0.680. The molecular weight excluding hydrogens is 397 g/mol. The third kappa shape index (κ3) is 4.11. The van der Waals surface area contributed by atoms with Crippen molar-refractivity contribution in [3.8, 4) is 11.3 Å². The van der Waals surface area contributed by atoms with Crippen molar-refractivity contribution >= 4 is 22.8 Å². The van der Waals surface area contributed by atoms with E-state index >= 15 is 0 Å². The van der Waals surface area contributed by atoms with Crippen molar-refractivity contribution in [2.45, 2.75) is 51.0 Å². The molecule has 3 heterocycles. The van der Waals surface area contributed by atoms with Crippen LogP contribution in [-0.4, -0.2) is 40.2 Å². The monoisotopic (exact) mass is 423 g/mol. The molecule has 2 fully saturated rings. The first kappa shape index (κ1) is 19.9. The molecule has 1 N–H and O–H groups in total. The van der Waals surface area contributed by atoms with Gasteiger partial charge in [0, 0.05) is 24.7 Å². The van der Waals surface area contributed by atoms with E-state index in [0.29, 0.717) is 35.2 Å². The molecule has 1 aromatic carbocycles. The Bertz CT molecular complexity index is 1060. The smallest absolute Gasteiger partial charge is 0.263 e. The van der Waals surface area contributed by atoms with E-state index in [4.69, 9.17) is 4.52 Å². The van der Waals surface area contributed by atoms with Crippen LogP contribution in [0.4, 0.5) is 10.2 Å². The fourth-order valence-electron chi connectivity index (χ4n) is 4.77. The SMILES string of the molecule is O=C(NC1CCCCC1)[C@@H]1CCCN(c2ncnc3onc(-c4ccc(F)cc4)c23)C1. The van der Waals surface area contributed by atoms with E-state index in [1.54, 1.807) is 12.1 Å². The fraction of sp³-hybridized carbons (Fsp3) is 0.478. The summed E-state index contributed by atoms with van der Waals surface area (Å²) in [7, 11) is 0. The van der Waals surface area contributed by atoms with E-state index in [1.165, 1.54) is 37.7 Å². The van der Waals surface area contributed by atoms with E-state index in [9.17, 15) is 9.18 Å². The number of piperidine rings is 1. The molecule has 2 aliphatic rings. The highest BCUT2D eigenvalue weighted by atomic mass is 19.1. The number of halogens is 1. The molecule has 5 rings (SSSR count). The molecule has 0 radical (unpaired) electrons. The van der Waals surface area contributed by atoms with E-state index in [-0.39, 0.29) is 17.6 Å². The van der Waals surface area contributed by atoms with Gasteiger partial charge in [-0.1, -0.05) is 24.4 Å². The molecule has 0 spiro atoms. The number of hydrogen-bond donors (Lipinski definition) is 1. The van der Waals surface area contributed by atoms with Crippen LogP contribution in [0.5, 0.6) is 0 Å². The van der Waals surface area contributed by atoms with Crippen LogP contribution in [0.2, 0.25) is 0 Å². The van der Waals surface area contributed by atoms with Gasteiger partial charge in [0.2, 0.25) is 5.91 Å². The van der Waals surface area contributed by atoms with Gasteiger partial charge >= 0.3 is 0 Å². The number of hydrogen-bond acceptors (Lipinski definition) is 6. The Balaban J connectivity index is 1.40. The molecule has 31 heavy (non-hydrogen) atoms. The number of amides is 1. The molecule has 7 nitrogen and oxygen atoms in total. The molecule has 3 aromatic rings. The van der Waals surface area contributed by atoms with Gasteiger partial charge in [0.05, 0.1) is 5.92 Å². The predicted molar refractivity (Wildman–Crippen MR) is 115 cm³/mol. The lowest BCUT2D eigenvalue weighted by atomic mass is 9.93. The minimum atomic E-state index is -0.309. The van der Waals surface area contributed by atoms with Crippen LogP contribution in [0.3, 0.4) is 0 Å². The Kier molecular flexibility index (Phi) is 5.53. The second-order valence-corrected chi connectivity index (χ2v) is 8.54. The second kappa shape index (κ2) is 8.61. The van der Waals surface area contributed by atoms with Crippen LogP contribution in [0.15, 0.2) is 35.1 Å². The van der Waals surface area contributed by atoms with Gasteiger partial charge in [-0.3, -0.25) is 4.79 Å². The van der Waals surface area contributed by atoms with Crippen molar-refractivity contribution in [1.82, 2.24) is 20.4 Å². The molecule has 0 unspecified atom stereocenters. The summed E-state index contributed by atoms with van der Waals surface area (Å²) in [5, 5.41) is 8.14. The van der Waals surface area contributed by atoms with Gasteiger partial charge in [-0.15, -0.1) is 0 Å². The van der Waals surface area contributed by atoms with Gasteiger partial charge in [0.15, 0.2) is 0 Å². The summed E-state index contributed by atoms with van der Waals surface area (Å²) >= 11 is 0. The lowest BCUT2D eigenvalue weighted by molar-refractivity contribution is -0.126. The first-order valence-corrected chi connectivity index (χ1v) is 11.1. The second-order valence-electron chi connectivity index (χ2n) is 8.54. The number of rotatable bonds is 4. The predicted octanol–water partition coefficient (Wildman–Crippen LogP) is 4.09. The number of benzene rings is 1. The van der Waals surface area contributed by atoms with Crippen LogP contribution in [0.1, 0.15) is 44.9 Å². The molecule has 1 saturated carbocycles. The zero-order chi connectivity index (χ0) is 21.2. The largest absolute Gasteiger partial charge is 0.355 e. The zero-order valence-corrected chi connectivity index (χ0v) is 17.4. The number of nitrogens with zero attached hydrogens (tertiary/aromatic N) is 4. The molecule has 0 bridgehead atoms. The summed E-state index contributed by atoms with van der Waals surface area (Å²) < 4.78 is 18.8. The van der Waals surface area contributed by atoms with Crippen molar-refractivity contribution in [1.29, 1.82) is 0 Å². The third-order valence-electron chi connectivity index (χ3n) is 6.41. The molecule has 1 saturated heterocycles. The summed E-state index contributed by atoms with van der Waals surface area (Å²) in [4.78, 5) is 23.8. The molecule has 2 aromatic heterocycles. The lowest BCUT2D eigenvalue weighted by Gasteiger charge is -2.34. The molecule has 162 valence electrons. The highest BCUT2D eigenvalue weighted by Crippen LogP contribution is 2.35. The van der Waals surface area contributed by atoms with E-state index in [2.05, 4.69) is 25.3 Å². The minimum Gasteiger partial charge on any atom is -0.355 e. The van der Waals surface area contributed by atoms with Crippen molar-refractivity contribution in [2.24, 2.45) is 5.92 Å². The zero-order valence-electron chi connectivity index (χ0n) is 17.4. The van der Waals surface area contributed by atoms with Gasteiger partial charge in [-0.05, 0) is 49.9 Å². The first-order valence-electron chi connectivity index (χ1n) is 11.1. The Morgan fingerprint density at radius 3 is 2.68 bits per heavy atom. The maximum Gasteiger partial charge on any atom is 0.263 e. The summed E-state index contributed by atoms with van der Waals surface area (Å²) in [6, 6.07) is 6.43. The molecule has 1 aliphatic carbocycles. The number of nitrogens with one attached hydrogen (secondary N) is 1. The van der Waals surface area contributed by atoms with Gasteiger partial charge in [0.25, 0.3) is 5.71 Å². The Labute approximate surface area is 180 Å². The van der Waals surface area contributed by atoms with Crippen LogP contribution in [0.25, 0.3) is 22.4 Å². The number of carbonyl (C=O) groups excluding carboxylic acids is 1. The average molecular weight is 423 g/mol. The lowest BCUT2D eigenvalue weighted by Crippen LogP contribution is -2.46. The summed E-state index contributed by atoms with van der Waals surface area (Å²) in [6.45, 7) is 1.39. The van der Waals surface area contributed by atoms with Crippen molar-refractivity contribution in [3.05, 3.63) is 36.4 Å². The summed E-state index contributed by atoms with van der Waals surface area (Å²) in [6.07, 6.45) is 9.06. The Morgan fingerprint density at radius 2 is 1.87 bits per heavy atom. The fourth-order valence-corrected chi connectivity index (χ4v) is 4.77. The van der Waals surface area contributed by atoms with Gasteiger partial charge in [-0.25, -0.2) is 9.37 Å². The van der Waals surface area contributed by atoms with Crippen molar-refractivity contribution in [3.63, 3.8) is 0 Å². The standard InChI is InChI=1S/C23H26FN5O2/c24-17-10-8-15(9-11-17)20-19-21(25-14-26-23(19)31-28-20)29-12-4-5-16(13-29)22(30)27-18-6-2-1-3-7-18/h8-11,14,16,18H,1-7,12-13H2,(H,27,30)/t16-/m1/s1. The van der Waals surface area contributed by atoms with E-state index in [1.807, 2.05) is 0 Å². The topological polar surface area (TPSA) is 84.2 Å². The normalized spacial score (nSPS) is 20.2. The average Bonchev–Trinajstić information content (AvgIpc) is 3.25. The third-order valence-corrected chi connectivity index (χ3v) is 6.41. The molecule has 1 atom stereocenters. The van der Waals surface area contributed by atoms with E-state index < -0.39 is 0 Å². The van der Waals surface area contributed by atoms with Crippen LogP contribution < -0.4 is 10.2 Å². The van der Waals surface area contributed by atoms with Crippen LogP contribution in [-0.2, 0) is 4.79 Å². The van der Waals surface area contributed by atoms with Crippen molar-refractivity contribution < 1.29 is 13.7 Å². The number of carbonyl (C=O) groups is 1. The van der Waals surface area contributed by atoms with Crippen molar-refractivity contribution in [2.75, 3.05) is 18.0 Å². The first-order chi connectivity index (χ1) is 15.2. The molecular formula is C23H26FN5O2. The molecule has 8 heteroatoms. The Hall–Kier alpha value is -3.03. The highest BCUT2D eigenvalue weighted by molar-refractivity contribution is 5.98. The van der Waals surface area contributed by atoms with Gasteiger partial charge in [0.1, 0.15) is 29.0 Å². The van der Waals surface area contributed by atoms with Gasteiger partial charge in [-0.2, -0.15) is 4.98 Å². The minimum absolute atomic E-state index is 0.0742. The maximum atomic E-state index is 13.4. The van der Waals surface area contributed by atoms with Crippen LogP contribution >= 0.6 is 0 Å². The highest BCUT2D eigenvalue weighted by Gasteiger charge is 2.30.